The van der Waals surface area contributed by atoms with Gasteiger partial charge in [0.05, 0.1) is 18.9 Å². The van der Waals surface area contributed by atoms with Gasteiger partial charge in [0, 0.05) is 24.7 Å². The summed E-state index contributed by atoms with van der Waals surface area (Å²) in [5.74, 6) is 0. The summed E-state index contributed by atoms with van der Waals surface area (Å²) >= 11 is -1.35. The third kappa shape index (κ3) is 8.96. The largest absolute Gasteiger partial charge is 0.598 e. The van der Waals surface area contributed by atoms with E-state index >= 15 is 0 Å². The summed E-state index contributed by atoms with van der Waals surface area (Å²) in [5, 5.41) is -0.0138. The number of hydrogen-bond donors (Lipinski definition) is 1. The Morgan fingerprint density at radius 2 is 1.63 bits per heavy atom. The normalized spacial score (nSPS) is 16.5. The van der Waals surface area contributed by atoms with Crippen molar-refractivity contribution in [1.82, 2.24) is 9.71 Å². The number of pyridine rings is 1. The fourth-order valence-corrected chi connectivity index (χ4v) is 5.31. The van der Waals surface area contributed by atoms with Crippen molar-refractivity contribution in [2.75, 3.05) is 13.7 Å². The summed E-state index contributed by atoms with van der Waals surface area (Å²) in [6.07, 6.45) is 0.887. The van der Waals surface area contributed by atoms with E-state index in [1.54, 1.807) is 13.3 Å². The molecule has 0 fully saturated rings. The van der Waals surface area contributed by atoms with Gasteiger partial charge in [-0.1, -0.05) is 57.2 Å². The second kappa shape index (κ2) is 12.8. The fraction of sp³-hybridized carbons (Fsp3) is 0.593. The smallest absolute Gasteiger partial charge is 0.193 e. The average molecular weight is 521 g/mol. The van der Waals surface area contributed by atoms with Gasteiger partial charge in [-0.3, -0.25) is 4.98 Å². The lowest BCUT2D eigenvalue weighted by Crippen LogP contribution is -2.56. The molecule has 2 rings (SSSR count). The highest BCUT2D eigenvalue weighted by molar-refractivity contribution is 7.90. The van der Waals surface area contributed by atoms with Crippen LogP contribution in [-0.4, -0.2) is 48.5 Å². The lowest BCUT2D eigenvalue weighted by Gasteiger charge is -2.43. The first-order chi connectivity index (χ1) is 16.3. The molecule has 0 aliphatic heterocycles. The molecule has 2 aromatic rings. The summed E-state index contributed by atoms with van der Waals surface area (Å²) < 4.78 is 35.2. The lowest BCUT2D eigenvalue weighted by atomic mass is 10.0. The van der Waals surface area contributed by atoms with Gasteiger partial charge in [-0.2, -0.15) is 0 Å². The van der Waals surface area contributed by atoms with Gasteiger partial charge < -0.3 is 18.5 Å². The number of methoxy groups -OCH3 is 1. The Morgan fingerprint density at radius 3 is 2.14 bits per heavy atom. The van der Waals surface area contributed by atoms with Gasteiger partial charge in [-0.05, 0) is 56.6 Å². The Labute approximate surface area is 216 Å². The van der Waals surface area contributed by atoms with Crippen molar-refractivity contribution in [1.29, 1.82) is 0 Å². The van der Waals surface area contributed by atoms with E-state index in [0.717, 1.165) is 11.3 Å². The predicted molar refractivity (Wildman–Crippen MR) is 147 cm³/mol. The van der Waals surface area contributed by atoms with E-state index in [1.807, 2.05) is 69.3 Å². The molecule has 0 amide bonds. The number of aromatic nitrogens is 1. The van der Waals surface area contributed by atoms with Gasteiger partial charge in [0.15, 0.2) is 8.32 Å². The van der Waals surface area contributed by atoms with Gasteiger partial charge in [0.2, 0.25) is 0 Å². The first-order valence-corrected chi connectivity index (χ1v) is 16.2. The lowest BCUT2D eigenvalue weighted by molar-refractivity contribution is -0.0389. The summed E-state index contributed by atoms with van der Waals surface area (Å²) in [6.45, 7) is 17.7. The summed E-state index contributed by atoms with van der Waals surface area (Å²) in [4.78, 5) is 4.64. The molecule has 1 heterocycles. The van der Waals surface area contributed by atoms with Crippen molar-refractivity contribution in [2.45, 2.75) is 89.3 Å². The highest BCUT2D eigenvalue weighted by atomic mass is 32.2. The third-order valence-electron chi connectivity index (χ3n) is 6.43. The van der Waals surface area contributed by atoms with Crippen LogP contribution in [0.5, 0.6) is 0 Å². The fourth-order valence-electron chi connectivity index (χ4n) is 3.17. The van der Waals surface area contributed by atoms with Crippen molar-refractivity contribution in [3.8, 4) is 0 Å². The maximum Gasteiger partial charge on any atom is 0.193 e. The summed E-state index contributed by atoms with van der Waals surface area (Å²) in [5.41, 5.74) is 1.87. The molecule has 0 aliphatic rings. The van der Waals surface area contributed by atoms with Crippen molar-refractivity contribution in [3.05, 3.63) is 66.0 Å². The summed E-state index contributed by atoms with van der Waals surface area (Å²) in [7, 11) is -0.569. The maximum absolute atomic E-state index is 13.3. The number of ether oxygens (including phenoxy) is 2. The van der Waals surface area contributed by atoms with Crippen LogP contribution in [0.1, 0.15) is 58.9 Å². The van der Waals surface area contributed by atoms with Gasteiger partial charge >= 0.3 is 0 Å². The first kappa shape index (κ1) is 30.0. The molecule has 196 valence electrons. The van der Waals surface area contributed by atoms with Gasteiger partial charge in [-0.15, -0.1) is 4.72 Å². The molecule has 0 saturated heterocycles. The zero-order valence-electron chi connectivity index (χ0n) is 22.8. The van der Waals surface area contributed by atoms with E-state index in [-0.39, 0.29) is 5.04 Å². The molecule has 35 heavy (non-hydrogen) atoms. The first-order valence-electron chi connectivity index (χ1n) is 12.2. The number of rotatable bonds is 12. The minimum atomic E-state index is -2.23. The molecule has 0 bridgehead atoms. The molecule has 1 aromatic carbocycles. The molecular formula is C27H44N2O4SSi. The van der Waals surface area contributed by atoms with Crippen molar-refractivity contribution in [3.63, 3.8) is 0 Å². The maximum atomic E-state index is 13.3. The van der Waals surface area contributed by atoms with Crippen LogP contribution in [0.2, 0.25) is 18.1 Å². The zero-order valence-corrected chi connectivity index (χ0v) is 24.6. The van der Waals surface area contributed by atoms with E-state index in [0.29, 0.717) is 13.2 Å². The number of nitrogens with one attached hydrogen (secondary N) is 1. The minimum absolute atomic E-state index is 0.0138. The van der Waals surface area contributed by atoms with Crippen LogP contribution in [0.25, 0.3) is 0 Å². The SMILES string of the molecule is CO[C@H](COCc1ccccc1)[C@H](N[S+]([O-])C(C)(C)C)C(O[Si](C)(C)C(C)(C)C)c1ccccn1. The molecule has 0 saturated carbocycles. The van der Waals surface area contributed by atoms with Crippen LogP contribution in [-0.2, 0) is 31.9 Å². The summed E-state index contributed by atoms with van der Waals surface area (Å²) in [6, 6.07) is 15.4. The topological polar surface area (TPSA) is 75.7 Å². The van der Waals surface area contributed by atoms with E-state index in [2.05, 4.69) is 43.6 Å². The van der Waals surface area contributed by atoms with Crippen LogP contribution >= 0.6 is 0 Å². The number of nitrogens with zero attached hydrogens (tertiary/aromatic N) is 1. The monoisotopic (exact) mass is 520 g/mol. The standard InChI is InChI=1S/C27H44N2O4SSi/c1-26(2,3)34(30)29-24(23(31-7)20-32-19-21-15-11-10-12-16-21)25(22-17-13-14-18-28-22)33-35(8,9)27(4,5)6/h10-18,23-25,29H,19-20H2,1-9H3/t23-,24+,25?,34?/m1/s1. The van der Waals surface area contributed by atoms with Crippen LogP contribution in [0.3, 0.4) is 0 Å². The molecule has 0 radical (unpaired) electrons. The molecule has 2 unspecified atom stereocenters. The van der Waals surface area contributed by atoms with Gasteiger partial charge in [0.25, 0.3) is 0 Å². The highest BCUT2D eigenvalue weighted by Crippen LogP contribution is 2.41. The van der Waals surface area contributed by atoms with E-state index in [4.69, 9.17) is 13.9 Å². The molecule has 1 aromatic heterocycles. The Kier molecular flexibility index (Phi) is 11.0. The highest BCUT2D eigenvalue weighted by Gasteiger charge is 2.45. The van der Waals surface area contributed by atoms with Crippen molar-refractivity contribution >= 4 is 19.7 Å². The Balaban J connectivity index is 2.41. The van der Waals surface area contributed by atoms with Crippen molar-refractivity contribution < 1.29 is 18.5 Å². The van der Waals surface area contributed by atoms with Crippen LogP contribution in [0.15, 0.2) is 54.7 Å². The number of hydrogen-bond acceptors (Lipinski definition) is 6. The van der Waals surface area contributed by atoms with Crippen LogP contribution in [0.4, 0.5) is 0 Å². The van der Waals surface area contributed by atoms with Crippen molar-refractivity contribution in [2.24, 2.45) is 0 Å². The second-order valence-corrected chi connectivity index (χ2v) is 18.1. The minimum Gasteiger partial charge on any atom is -0.598 e. The Morgan fingerprint density at radius 1 is 1.00 bits per heavy atom. The molecule has 8 heteroatoms. The third-order valence-corrected chi connectivity index (χ3v) is 12.5. The predicted octanol–water partition coefficient (Wildman–Crippen LogP) is 5.80. The quantitative estimate of drug-likeness (QED) is 0.282. The van der Waals surface area contributed by atoms with Gasteiger partial charge in [-0.25, -0.2) is 0 Å². The van der Waals surface area contributed by atoms with Crippen LogP contribution in [0, 0.1) is 0 Å². The van der Waals surface area contributed by atoms with E-state index < -0.39 is 42.7 Å². The van der Waals surface area contributed by atoms with Gasteiger partial charge in [0.1, 0.15) is 23.0 Å². The number of benzene rings is 1. The molecule has 1 N–H and O–H groups in total. The molecule has 6 nitrogen and oxygen atoms in total. The average Bonchev–Trinajstić information content (AvgIpc) is 2.79. The van der Waals surface area contributed by atoms with Crippen LogP contribution < -0.4 is 4.72 Å². The molecule has 0 spiro atoms. The Hall–Kier alpha value is -1.26. The molecular weight excluding hydrogens is 476 g/mol. The zero-order chi connectivity index (χ0) is 26.3. The molecule has 0 aliphatic carbocycles. The van der Waals surface area contributed by atoms with E-state index in [9.17, 15) is 4.55 Å². The Bertz CT molecular complexity index is 872. The second-order valence-electron chi connectivity index (χ2n) is 11.4. The van der Waals surface area contributed by atoms with E-state index in [1.165, 1.54) is 0 Å². The molecule has 4 atom stereocenters.